The minimum absolute atomic E-state index is 0.205. The average Bonchev–Trinajstić information content (AvgIpc) is 2.17. The Balaban J connectivity index is 2.84. The summed E-state index contributed by atoms with van der Waals surface area (Å²) in [6, 6.07) is 0. The van der Waals surface area contributed by atoms with E-state index in [1.54, 1.807) is 7.05 Å². The van der Waals surface area contributed by atoms with Gasteiger partial charge in [-0.2, -0.15) is 0 Å². The fourth-order valence-corrected chi connectivity index (χ4v) is 0.639. The van der Waals surface area contributed by atoms with Crippen LogP contribution in [0, 0.1) is 0 Å². The SMILES string of the molecule is CNc1ncc(C(=O)NO)cn1. The van der Waals surface area contributed by atoms with Crippen LogP contribution in [-0.4, -0.2) is 28.1 Å². The molecule has 1 rings (SSSR count). The van der Waals surface area contributed by atoms with Crippen LogP contribution in [0.15, 0.2) is 12.4 Å². The Morgan fingerprint density at radius 2 is 2.08 bits per heavy atom. The molecule has 1 amide bonds. The normalized spacial score (nSPS) is 9.17. The van der Waals surface area contributed by atoms with E-state index < -0.39 is 5.91 Å². The van der Waals surface area contributed by atoms with Crippen molar-refractivity contribution in [3.05, 3.63) is 18.0 Å². The van der Waals surface area contributed by atoms with Gasteiger partial charge in [-0.1, -0.05) is 0 Å². The maximum Gasteiger partial charge on any atom is 0.277 e. The third-order valence-electron chi connectivity index (χ3n) is 1.24. The summed E-state index contributed by atoms with van der Waals surface area (Å²) in [5, 5.41) is 10.9. The van der Waals surface area contributed by atoms with E-state index in [9.17, 15) is 4.79 Å². The third kappa shape index (κ3) is 1.67. The predicted octanol–water partition coefficient (Wildman–Crippen LogP) is -0.363. The number of nitrogens with one attached hydrogen (secondary N) is 2. The zero-order valence-electron chi connectivity index (χ0n) is 6.40. The van der Waals surface area contributed by atoms with E-state index in [0.29, 0.717) is 5.95 Å². The molecule has 0 aliphatic carbocycles. The van der Waals surface area contributed by atoms with E-state index >= 15 is 0 Å². The highest BCUT2D eigenvalue weighted by Gasteiger charge is 2.03. The van der Waals surface area contributed by atoms with Crippen LogP contribution in [0.1, 0.15) is 10.4 Å². The maximum atomic E-state index is 10.8. The number of rotatable bonds is 2. The summed E-state index contributed by atoms with van der Waals surface area (Å²) in [4.78, 5) is 18.3. The van der Waals surface area contributed by atoms with E-state index in [0.717, 1.165) is 0 Å². The predicted molar refractivity (Wildman–Crippen MR) is 40.8 cm³/mol. The number of hydrogen-bond donors (Lipinski definition) is 3. The van der Waals surface area contributed by atoms with Gasteiger partial charge in [-0.3, -0.25) is 10.0 Å². The van der Waals surface area contributed by atoms with Crippen LogP contribution in [0.3, 0.4) is 0 Å². The molecule has 0 spiro atoms. The highest BCUT2D eigenvalue weighted by atomic mass is 16.5. The second-order valence-electron chi connectivity index (χ2n) is 1.99. The van der Waals surface area contributed by atoms with Crippen molar-refractivity contribution in [3.63, 3.8) is 0 Å². The zero-order valence-corrected chi connectivity index (χ0v) is 6.40. The van der Waals surface area contributed by atoms with Gasteiger partial charge in [0, 0.05) is 19.4 Å². The smallest absolute Gasteiger partial charge is 0.277 e. The molecule has 0 bridgehead atoms. The summed E-state index contributed by atoms with van der Waals surface area (Å²) in [6.45, 7) is 0. The summed E-state index contributed by atoms with van der Waals surface area (Å²) < 4.78 is 0. The van der Waals surface area contributed by atoms with Crippen LogP contribution in [0.25, 0.3) is 0 Å². The first-order valence-electron chi connectivity index (χ1n) is 3.22. The van der Waals surface area contributed by atoms with Gasteiger partial charge in [-0.25, -0.2) is 15.4 Å². The number of amides is 1. The van der Waals surface area contributed by atoms with Gasteiger partial charge >= 0.3 is 0 Å². The Hall–Kier alpha value is -1.69. The lowest BCUT2D eigenvalue weighted by atomic mass is 10.3. The molecule has 0 saturated carbocycles. The fourth-order valence-electron chi connectivity index (χ4n) is 0.639. The number of hydroxylamine groups is 1. The van der Waals surface area contributed by atoms with Crippen molar-refractivity contribution in [1.29, 1.82) is 0 Å². The molecule has 0 saturated heterocycles. The molecule has 6 heteroatoms. The standard InChI is InChI=1S/C6H8N4O2/c1-7-6-8-2-4(3-9-6)5(11)10-12/h2-3,12H,1H3,(H,10,11)(H,7,8,9). The molecule has 0 radical (unpaired) electrons. The number of carbonyl (C=O) groups is 1. The molecule has 0 aliphatic heterocycles. The van der Waals surface area contributed by atoms with Crippen LogP contribution in [0.4, 0.5) is 5.95 Å². The number of anilines is 1. The van der Waals surface area contributed by atoms with Crippen molar-refractivity contribution < 1.29 is 10.0 Å². The molecular formula is C6H8N4O2. The number of aromatic nitrogens is 2. The zero-order chi connectivity index (χ0) is 8.97. The lowest BCUT2D eigenvalue weighted by molar-refractivity contribution is 0.0705. The second kappa shape index (κ2) is 3.63. The summed E-state index contributed by atoms with van der Waals surface area (Å²) >= 11 is 0. The van der Waals surface area contributed by atoms with Crippen LogP contribution < -0.4 is 10.8 Å². The highest BCUT2D eigenvalue weighted by Crippen LogP contribution is 1.98. The van der Waals surface area contributed by atoms with E-state index in [1.807, 2.05) is 0 Å². The fraction of sp³-hybridized carbons (Fsp3) is 0.167. The van der Waals surface area contributed by atoms with Crippen molar-refractivity contribution >= 4 is 11.9 Å². The lowest BCUT2D eigenvalue weighted by Crippen LogP contribution is -2.19. The van der Waals surface area contributed by atoms with Crippen molar-refractivity contribution in [2.24, 2.45) is 0 Å². The third-order valence-corrected chi connectivity index (χ3v) is 1.24. The van der Waals surface area contributed by atoms with Crippen molar-refractivity contribution in [2.45, 2.75) is 0 Å². The van der Waals surface area contributed by atoms with Gasteiger partial charge in [0.1, 0.15) is 0 Å². The molecule has 12 heavy (non-hydrogen) atoms. The Bertz CT molecular complexity index is 271. The Labute approximate surface area is 68.6 Å². The molecular weight excluding hydrogens is 160 g/mol. The average molecular weight is 168 g/mol. The van der Waals surface area contributed by atoms with Gasteiger partial charge in [0.05, 0.1) is 5.56 Å². The molecule has 1 aromatic heterocycles. The molecule has 3 N–H and O–H groups in total. The van der Waals surface area contributed by atoms with Crippen LogP contribution in [-0.2, 0) is 0 Å². The monoisotopic (exact) mass is 168 g/mol. The molecule has 0 aliphatic rings. The van der Waals surface area contributed by atoms with Crippen LogP contribution in [0.5, 0.6) is 0 Å². The lowest BCUT2D eigenvalue weighted by Gasteiger charge is -1.98. The summed E-state index contributed by atoms with van der Waals surface area (Å²) in [5.41, 5.74) is 1.68. The Morgan fingerprint density at radius 1 is 1.50 bits per heavy atom. The van der Waals surface area contributed by atoms with Gasteiger partial charge in [-0.15, -0.1) is 0 Å². The minimum Gasteiger partial charge on any atom is -0.357 e. The van der Waals surface area contributed by atoms with Gasteiger partial charge in [0.25, 0.3) is 5.91 Å². The summed E-state index contributed by atoms with van der Waals surface area (Å²) in [6.07, 6.45) is 2.62. The first-order valence-corrected chi connectivity index (χ1v) is 3.22. The second-order valence-corrected chi connectivity index (χ2v) is 1.99. The topological polar surface area (TPSA) is 87.1 Å². The molecule has 0 fully saturated rings. The number of nitrogens with zero attached hydrogens (tertiary/aromatic N) is 2. The van der Waals surface area contributed by atoms with E-state index in [1.165, 1.54) is 17.9 Å². The molecule has 1 heterocycles. The largest absolute Gasteiger partial charge is 0.357 e. The Morgan fingerprint density at radius 3 is 2.50 bits per heavy atom. The maximum absolute atomic E-state index is 10.8. The van der Waals surface area contributed by atoms with Crippen molar-refractivity contribution in [2.75, 3.05) is 12.4 Å². The van der Waals surface area contributed by atoms with Gasteiger partial charge in [-0.05, 0) is 0 Å². The number of hydrogen-bond acceptors (Lipinski definition) is 5. The minimum atomic E-state index is -0.627. The van der Waals surface area contributed by atoms with Crippen molar-refractivity contribution in [1.82, 2.24) is 15.4 Å². The van der Waals surface area contributed by atoms with Gasteiger partial charge < -0.3 is 5.32 Å². The van der Waals surface area contributed by atoms with Gasteiger partial charge in [0.15, 0.2) is 0 Å². The van der Waals surface area contributed by atoms with Crippen molar-refractivity contribution in [3.8, 4) is 0 Å². The molecule has 6 nitrogen and oxygen atoms in total. The molecule has 0 unspecified atom stereocenters. The van der Waals surface area contributed by atoms with Crippen LogP contribution >= 0.6 is 0 Å². The molecule has 64 valence electrons. The molecule has 0 aromatic carbocycles. The molecule has 0 atom stereocenters. The quantitative estimate of drug-likeness (QED) is 0.414. The van der Waals surface area contributed by atoms with Gasteiger partial charge in [0.2, 0.25) is 5.95 Å². The van der Waals surface area contributed by atoms with E-state index in [2.05, 4.69) is 15.3 Å². The first-order chi connectivity index (χ1) is 5.77. The number of carbonyl (C=O) groups excluding carboxylic acids is 1. The van der Waals surface area contributed by atoms with E-state index in [4.69, 9.17) is 5.21 Å². The molecule has 1 aromatic rings. The van der Waals surface area contributed by atoms with E-state index in [-0.39, 0.29) is 5.56 Å². The first kappa shape index (κ1) is 8.41. The summed E-state index contributed by atoms with van der Waals surface area (Å²) in [5.74, 6) is -0.206. The van der Waals surface area contributed by atoms with Crippen LogP contribution in [0.2, 0.25) is 0 Å². The highest BCUT2D eigenvalue weighted by molar-refractivity contribution is 5.92. The Kier molecular flexibility index (Phi) is 2.54. The summed E-state index contributed by atoms with van der Waals surface area (Å²) in [7, 11) is 1.67.